The number of nitrogens with zero attached hydrogens (tertiary/aromatic N) is 3. The van der Waals surface area contributed by atoms with E-state index in [1.54, 1.807) is 19.9 Å². The quantitative estimate of drug-likeness (QED) is 0.569. The second kappa shape index (κ2) is 8.64. The maximum atomic E-state index is 13.5. The van der Waals surface area contributed by atoms with Crippen molar-refractivity contribution in [1.82, 2.24) is 14.5 Å². The van der Waals surface area contributed by atoms with Crippen molar-refractivity contribution in [1.29, 1.82) is 0 Å². The summed E-state index contributed by atoms with van der Waals surface area (Å²) < 4.78 is 39.1. The van der Waals surface area contributed by atoms with Gasteiger partial charge in [-0.3, -0.25) is 10.1 Å². The molecular weight excluding hydrogens is 476 g/mol. The van der Waals surface area contributed by atoms with Crippen LogP contribution in [0.25, 0.3) is 10.6 Å². The maximum absolute atomic E-state index is 13.5. The zero-order valence-corrected chi connectivity index (χ0v) is 20.6. The summed E-state index contributed by atoms with van der Waals surface area (Å²) in [5.74, 6) is 0.895. The van der Waals surface area contributed by atoms with Crippen LogP contribution < -0.4 is 14.8 Å². The Hall–Kier alpha value is -3.02. The van der Waals surface area contributed by atoms with Crippen molar-refractivity contribution in [2.24, 2.45) is 0 Å². The van der Waals surface area contributed by atoms with Crippen LogP contribution in [0.5, 0.6) is 11.5 Å². The van der Waals surface area contributed by atoms with Crippen molar-refractivity contribution in [3.05, 3.63) is 47.0 Å². The van der Waals surface area contributed by atoms with E-state index in [2.05, 4.69) is 15.5 Å². The van der Waals surface area contributed by atoms with Gasteiger partial charge in [0.1, 0.15) is 11.0 Å². The number of fused-ring (bicyclic) bond motifs is 1. The van der Waals surface area contributed by atoms with E-state index in [0.717, 1.165) is 11.1 Å². The Labute approximate surface area is 201 Å². The van der Waals surface area contributed by atoms with E-state index in [1.807, 2.05) is 31.2 Å². The molecule has 0 bridgehead atoms. The molecule has 1 atom stereocenters. The van der Waals surface area contributed by atoms with Gasteiger partial charge in [-0.1, -0.05) is 29.0 Å². The second-order valence-electron chi connectivity index (χ2n) is 8.47. The lowest BCUT2D eigenvalue weighted by molar-refractivity contribution is -0.119. The van der Waals surface area contributed by atoms with E-state index in [0.29, 0.717) is 52.2 Å². The van der Waals surface area contributed by atoms with Crippen LogP contribution in [0.15, 0.2) is 35.2 Å². The molecule has 34 heavy (non-hydrogen) atoms. The third kappa shape index (κ3) is 4.04. The summed E-state index contributed by atoms with van der Waals surface area (Å²) in [5, 5.41) is 11.9. The molecule has 1 saturated heterocycles. The van der Waals surface area contributed by atoms with Crippen molar-refractivity contribution >= 4 is 32.4 Å². The van der Waals surface area contributed by atoms with Gasteiger partial charge in [0.2, 0.25) is 27.9 Å². The number of hydrogen-bond donors (Lipinski definition) is 1. The van der Waals surface area contributed by atoms with E-state index in [9.17, 15) is 13.2 Å². The molecule has 5 rings (SSSR count). The summed E-state index contributed by atoms with van der Waals surface area (Å²) in [4.78, 5) is 13.4. The molecule has 3 heterocycles. The van der Waals surface area contributed by atoms with E-state index < -0.39 is 22.0 Å². The number of anilines is 1. The Balaban J connectivity index is 1.35. The van der Waals surface area contributed by atoms with Gasteiger partial charge in [-0.25, -0.2) is 8.42 Å². The van der Waals surface area contributed by atoms with Crippen LogP contribution >= 0.6 is 11.3 Å². The summed E-state index contributed by atoms with van der Waals surface area (Å²) in [5.41, 5.74) is 3.15. The number of hydrogen-bond acceptors (Lipinski definition) is 8. The van der Waals surface area contributed by atoms with Gasteiger partial charge >= 0.3 is 0 Å². The van der Waals surface area contributed by atoms with Gasteiger partial charge in [0, 0.05) is 12.1 Å². The number of rotatable bonds is 5. The summed E-state index contributed by atoms with van der Waals surface area (Å²) in [6.07, 6.45) is 1.06. The lowest BCUT2D eigenvalue weighted by atomic mass is 10.1. The second-order valence-corrected chi connectivity index (χ2v) is 11.3. The Bertz CT molecular complexity index is 1360. The van der Waals surface area contributed by atoms with E-state index in [-0.39, 0.29) is 11.7 Å². The zero-order valence-electron chi connectivity index (χ0n) is 19.0. The highest BCUT2D eigenvalue weighted by Gasteiger charge is 2.41. The van der Waals surface area contributed by atoms with Crippen molar-refractivity contribution in [3.63, 3.8) is 0 Å². The topological polar surface area (TPSA) is 111 Å². The first-order valence-corrected chi connectivity index (χ1v) is 13.1. The number of aryl methyl sites for hydroxylation is 3. The number of carbonyl (C=O) groups excluding carboxylic acids is 1. The van der Waals surface area contributed by atoms with Crippen molar-refractivity contribution in [2.45, 2.75) is 44.6 Å². The Morgan fingerprint density at radius 2 is 1.82 bits per heavy atom. The standard InChI is InChI=1S/C23H24N4O5S2/c1-13-9-14(2)20(15(3)10-13)34(29,30)27-8-4-5-17(27)21(28)24-23-26-25-22(33-23)16-6-7-18-19(11-16)32-12-31-18/h6-7,9-11,17H,4-5,8,12H2,1-3H3,(H,24,26,28). The third-order valence-electron chi connectivity index (χ3n) is 5.95. The number of benzene rings is 2. The van der Waals surface area contributed by atoms with E-state index >= 15 is 0 Å². The molecule has 178 valence electrons. The Morgan fingerprint density at radius 3 is 2.59 bits per heavy atom. The van der Waals surface area contributed by atoms with Gasteiger partial charge in [-0.2, -0.15) is 4.31 Å². The zero-order chi connectivity index (χ0) is 24.0. The lowest BCUT2D eigenvalue weighted by Crippen LogP contribution is -2.43. The molecule has 9 nitrogen and oxygen atoms in total. The fraction of sp³-hybridized carbons (Fsp3) is 0.348. The number of nitrogens with one attached hydrogen (secondary N) is 1. The smallest absolute Gasteiger partial charge is 0.244 e. The number of aromatic nitrogens is 2. The van der Waals surface area contributed by atoms with Crippen LogP contribution in [0.1, 0.15) is 29.5 Å². The molecular formula is C23H24N4O5S2. The molecule has 1 unspecified atom stereocenters. The molecule has 1 fully saturated rings. The van der Waals surface area contributed by atoms with Crippen LogP contribution in [-0.4, -0.2) is 48.2 Å². The molecule has 1 amide bonds. The highest BCUT2D eigenvalue weighted by Crippen LogP contribution is 2.37. The maximum Gasteiger partial charge on any atom is 0.244 e. The summed E-state index contributed by atoms with van der Waals surface area (Å²) in [6, 6.07) is 8.35. The number of ether oxygens (including phenoxy) is 2. The highest BCUT2D eigenvalue weighted by atomic mass is 32.2. The van der Waals surface area contributed by atoms with Crippen LogP contribution in [0.3, 0.4) is 0 Å². The largest absolute Gasteiger partial charge is 0.454 e. The predicted molar refractivity (Wildman–Crippen MR) is 128 cm³/mol. The molecule has 11 heteroatoms. The third-order valence-corrected chi connectivity index (χ3v) is 9.05. The van der Waals surface area contributed by atoms with Crippen molar-refractivity contribution in [3.8, 4) is 22.1 Å². The predicted octanol–water partition coefficient (Wildman–Crippen LogP) is 3.65. The van der Waals surface area contributed by atoms with Gasteiger partial charge in [0.15, 0.2) is 11.5 Å². The van der Waals surface area contributed by atoms with E-state index in [1.165, 1.54) is 15.6 Å². The molecule has 2 aromatic carbocycles. The molecule has 1 aromatic heterocycles. The van der Waals surface area contributed by atoms with Crippen LogP contribution in [-0.2, 0) is 14.8 Å². The summed E-state index contributed by atoms with van der Waals surface area (Å²) in [6.45, 7) is 5.99. The Kier molecular flexibility index (Phi) is 5.78. The van der Waals surface area contributed by atoms with Gasteiger partial charge < -0.3 is 9.47 Å². The van der Waals surface area contributed by atoms with Crippen LogP contribution in [0.2, 0.25) is 0 Å². The number of amides is 1. The molecule has 0 aliphatic carbocycles. The van der Waals surface area contributed by atoms with Gasteiger partial charge in [-0.15, -0.1) is 10.2 Å². The Morgan fingerprint density at radius 1 is 1.09 bits per heavy atom. The van der Waals surface area contributed by atoms with Gasteiger partial charge in [-0.05, 0) is 62.9 Å². The summed E-state index contributed by atoms with van der Waals surface area (Å²) in [7, 11) is -3.83. The minimum absolute atomic E-state index is 0.179. The van der Waals surface area contributed by atoms with Gasteiger partial charge in [0.05, 0.1) is 4.90 Å². The average Bonchev–Trinajstić information content (AvgIpc) is 3.52. The minimum atomic E-state index is -3.83. The lowest BCUT2D eigenvalue weighted by Gasteiger charge is -2.25. The van der Waals surface area contributed by atoms with Gasteiger partial charge in [0.25, 0.3) is 0 Å². The van der Waals surface area contributed by atoms with Crippen LogP contribution in [0.4, 0.5) is 5.13 Å². The average molecular weight is 501 g/mol. The molecule has 2 aliphatic heterocycles. The molecule has 1 N–H and O–H groups in total. The molecule has 0 saturated carbocycles. The number of sulfonamides is 1. The first-order valence-electron chi connectivity index (χ1n) is 10.9. The molecule has 3 aromatic rings. The first kappa shape index (κ1) is 22.8. The van der Waals surface area contributed by atoms with Crippen molar-refractivity contribution in [2.75, 3.05) is 18.7 Å². The molecule has 0 spiro atoms. The first-order chi connectivity index (χ1) is 16.2. The fourth-order valence-electron chi connectivity index (χ4n) is 4.59. The normalized spacial score (nSPS) is 17.8. The highest BCUT2D eigenvalue weighted by molar-refractivity contribution is 7.89. The molecule has 2 aliphatic rings. The van der Waals surface area contributed by atoms with E-state index in [4.69, 9.17) is 9.47 Å². The minimum Gasteiger partial charge on any atom is -0.454 e. The monoisotopic (exact) mass is 500 g/mol. The van der Waals surface area contributed by atoms with Crippen LogP contribution in [0, 0.1) is 20.8 Å². The number of carbonyl (C=O) groups is 1. The fourth-order valence-corrected chi connectivity index (χ4v) is 7.40. The molecule has 0 radical (unpaired) electrons. The SMILES string of the molecule is Cc1cc(C)c(S(=O)(=O)N2CCCC2C(=O)Nc2nnc(-c3ccc4c(c3)OCO4)s2)c(C)c1. The van der Waals surface area contributed by atoms with Crippen molar-refractivity contribution < 1.29 is 22.7 Å². The summed E-state index contributed by atoms with van der Waals surface area (Å²) >= 11 is 1.21.